The molecule has 5 atom stereocenters. The van der Waals surface area contributed by atoms with Crippen molar-refractivity contribution in [2.75, 3.05) is 29.6 Å². The molecular weight excluding hydrogens is 392 g/mol. The van der Waals surface area contributed by atoms with Crippen LogP contribution >= 0.6 is 21.4 Å². The Kier molecular flexibility index (Phi) is 14.1. The highest BCUT2D eigenvalue weighted by atomic mass is 32.3. The van der Waals surface area contributed by atoms with E-state index in [9.17, 15) is 0 Å². The predicted molar refractivity (Wildman–Crippen MR) is 144 cm³/mol. The van der Waals surface area contributed by atoms with Gasteiger partial charge in [0.05, 0.1) is 6.61 Å². The molecule has 0 aliphatic carbocycles. The van der Waals surface area contributed by atoms with Crippen molar-refractivity contribution >= 4 is 25.8 Å². The van der Waals surface area contributed by atoms with Crippen LogP contribution in [0, 0.1) is 29.6 Å². The summed E-state index contributed by atoms with van der Waals surface area (Å²) in [7, 11) is -1.98. The quantitative estimate of drug-likeness (QED) is 0.195. The normalized spacial score (nSPS) is 19.1. The number of hydrogen-bond donors (Lipinski definition) is 1. The predicted octanol–water partition coefficient (Wildman–Crippen LogP) is 8.59. The van der Waals surface area contributed by atoms with Gasteiger partial charge in [-0.15, -0.1) is 12.6 Å². The van der Waals surface area contributed by atoms with Crippen molar-refractivity contribution in [2.24, 2.45) is 29.6 Å². The molecule has 5 unspecified atom stereocenters. The average molecular weight is 449 g/mol. The maximum absolute atomic E-state index is 6.67. The molecule has 0 bridgehead atoms. The van der Waals surface area contributed by atoms with Gasteiger partial charge >= 0.3 is 0 Å². The lowest BCUT2D eigenvalue weighted by molar-refractivity contribution is 0.257. The molecule has 0 N–H and O–H groups in total. The van der Waals surface area contributed by atoms with E-state index in [-0.39, 0.29) is 0 Å². The summed E-state index contributed by atoms with van der Waals surface area (Å²) in [5.74, 6) is 8.74. The molecule has 0 saturated carbocycles. The zero-order valence-electron chi connectivity index (χ0n) is 21.7. The van der Waals surface area contributed by atoms with Crippen molar-refractivity contribution < 1.29 is 4.74 Å². The molecule has 0 aromatic rings. The topological polar surface area (TPSA) is 9.23 Å². The molecule has 1 nitrogen and oxygen atoms in total. The Labute approximate surface area is 190 Å². The highest BCUT2D eigenvalue weighted by Crippen LogP contribution is 2.66. The van der Waals surface area contributed by atoms with Crippen molar-refractivity contribution in [3.8, 4) is 0 Å². The molecule has 0 fully saturated rings. The maximum Gasteiger partial charge on any atom is 0.116 e. The third-order valence-electron chi connectivity index (χ3n) is 7.36. The van der Waals surface area contributed by atoms with Crippen LogP contribution in [0.2, 0.25) is 0 Å². The summed E-state index contributed by atoms with van der Waals surface area (Å²) in [5.41, 5.74) is 0. The summed E-state index contributed by atoms with van der Waals surface area (Å²) >= 11 is 5.31. The van der Waals surface area contributed by atoms with Gasteiger partial charge < -0.3 is 4.74 Å². The summed E-state index contributed by atoms with van der Waals surface area (Å²) in [6.45, 7) is 24.7. The van der Waals surface area contributed by atoms with Crippen LogP contribution in [0.3, 0.4) is 0 Å². The number of rotatable bonds is 15. The fraction of sp³-hybridized carbons (Fsp3) is 0.962. The Morgan fingerprint density at radius 3 is 1.10 bits per heavy atom. The minimum Gasteiger partial charge on any atom is -0.335 e. The summed E-state index contributed by atoms with van der Waals surface area (Å²) in [4.78, 5) is 0. The van der Waals surface area contributed by atoms with Gasteiger partial charge in [-0.3, -0.25) is 0 Å². The molecule has 29 heavy (non-hydrogen) atoms. The van der Waals surface area contributed by atoms with Gasteiger partial charge in [0.1, 0.15) is 4.38 Å². The Morgan fingerprint density at radius 2 is 0.862 bits per heavy atom. The third-order valence-corrected chi connectivity index (χ3v) is 15.9. The van der Waals surface area contributed by atoms with E-state index in [1.54, 1.807) is 0 Å². The van der Waals surface area contributed by atoms with E-state index in [4.69, 9.17) is 17.4 Å². The first-order valence-corrected chi connectivity index (χ1v) is 15.7. The van der Waals surface area contributed by atoms with Crippen LogP contribution in [0.5, 0.6) is 0 Å². The highest BCUT2D eigenvalue weighted by molar-refractivity contribution is 8.52. The van der Waals surface area contributed by atoms with Crippen molar-refractivity contribution in [3.63, 3.8) is 0 Å². The van der Waals surface area contributed by atoms with E-state index in [1.807, 2.05) is 0 Å². The van der Waals surface area contributed by atoms with E-state index in [2.05, 4.69) is 69.2 Å². The van der Waals surface area contributed by atoms with E-state index in [1.165, 1.54) is 59.5 Å². The summed E-state index contributed by atoms with van der Waals surface area (Å²) in [6.07, 6.45) is 6.17. The third kappa shape index (κ3) is 8.89. The molecule has 0 spiro atoms. The van der Waals surface area contributed by atoms with Crippen LogP contribution in [0.25, 0.3) is 0 Å². The van der Waals surface area contributed by atoms with Gasteiger partial charge in [-0.1, -0.05) is 101 Å². The summed E-state index contributed by atoms with van der Waals surface area (Å²) in [6, 6.07) is 0. The van der Waals surface area contributed by atoms with Gasteiger partial charge in [0.25, 0.3) is 0 Å². The molecule has 0 aromatic heterocycles. The SMILES string of the molecule is CCC(C)COC(S)=S(CC(C)CC)(CC(C)CC)(CC(C)CC)CC(C)CC. The Morgan fingerprint density at radius 1 is 0.586 bits per heavy atom. The number of ether oxygens (including phenoxy) is 1. The summed E-state index contributed by atoms with van der Waals surface area (Å²) in [5, 5.41) is 0. The Bertz CT molecular complexity index is 441. The van der Waals surface area contributed by atoms with Gasteiger partial charge in [0.15, 0.2) is 0 Å². The molecule has 0 radical (unpaired) electrons. The molecular formula is C26H56OS2. The molecule has 0 aliphatic heterocycles. The van der Waals surface area contributed by atoms with Crippen LogP contribution < -0.4 is 0 Å². The Hall–Kier alpha value is 0.530. The van der Waals surface area contributed by atoms with E-state index in [0.29, 0.717) is 5.92 Å². The van der Waals surface area contributed by atoms with Gasteiger partial charge in [-0.05, 0) is 52.6 Å². The Balaban J connectivity index is 6.82. The van der Waals surface area contributed by atoms with Gasteiger partial charge in [-0.2, -0.15) is 0 Å². The van der Waals surface area contributed by atoms with Crippen LogP contribution in [0.4, 0.5) is 0 Å². The molecule has 0 rings (SSSR count). The number of thiol groups is 1. The van der Waals surface area contributed by atoms with Gasteiger partial charge in [-0.25, -0.2) is 8.75 Å². The van der Waals surface area contributed by atoms with Crippen LogP contribution in [-0.2, 0) is 4.74 Å². The fourth-order valence-electron chi connectivity index (χ4n) is 4.65. The lowest BCUT2D eigenvalue weighted by Crippen LogP contribution is -2.39. The van der Waals surface area contributed by atoms with Crippen molar-refractivity contribution in [1.82, 2.24) is 0 Å². The smallest absolute Gasteiger partial charge is 0.116 e. The van der Waals surface area contributed by atoms with E-state index < -0.39 is 8.75 Å². The largest absolute Gasteiger partial charge is 0.335 e. The second-order valence-corrected chi connectivity index (χ2v) is 16.6. The zero-order valence-corrected chi connectivity index (χ0v) is 23.4. The number of hydrogen-bond acceptors (Lipinski definition) is 1. The van der Waals surface area contributed by atoms with Crippen LogP contribution in [0.15, 0.2) is 0 Å². The fourth-order valence-corrected chi connectivity index (χ4v) is 14.3. The first-order chi connectivity index (χ1) is 13.5. The standard InChI is InChI=1S/C26H56OS2/c1-11-21(6)16-27-26(28)29(17-22(7)12-2,18-23(8)13-3,19-24(9)14-4)20-25(10)15-5/h21-25,28H,11-20H2,1-10H3. The maximum atomic E-state index is 6.67. The van der Waals surface area contributed by atoms with E-state index in [0.717, 1.165) is 30.3 Å². The zero-order chi connectivity index (χ0) is 22.7. The first-order valence-electron chi connectivity index (χ1n) is 12.6. The molecule has 178 valence electrons. The molecule has 3 heteroatoms. The minimum atomic E-state index is -1.98. The molecule has 0 amide bonds. The van der Waals surface area contributed by atoms with Crippen molar-refractivity contribution in [1.29, 1.82) is 0 Å². The van der Waals surface area contributed by atoms with Gasteiger partial charge in [0.2, 0.25) is 0 Å². The van der Waals surface area contributed by atoms with Gasteiger partial charge in [0, 0.05) is 0 Å². The average Bonchev–Trinajstić information content (AvgIpc) is 2.70. The summed E-state index contributed by atoms with van der Waals surface area (Å²) < 4.78 is 7.84. The van der Waals surface area contributed by atoms with Crippen LogP contribution in [-0.4, -0.2) is 34.0 Å². The molecule has 0 aliphatic rings. The van der Waals surface area contributed by atoms with Crippen LogP contribution in [0.1, 0.15) is 101 Å². The molecule has 0 heterocycles. The van der Waals surface area contributed by atoms with Crippen molar-refractivity contribution in [3.05, 3.63) is 0 Å². The second kappa shape index (κ2) is 13.8. The molecule has 0 aromatic carbocycles. The highest BCUT2D eigenvalue weighted by Gasteiger charge is 2.41. The first kappa shape index (κ1) is 29.5. The lowest BCUT2D eigenvalue weighted by Gasteiger charge is -2.56. The monoisotopic (exact) mass is 448 g/mol. The minimum absolute atomic E-state index is 0.593. The second-order valence-electron chi connectivity index (χ2n) is 10.6. The lowest BCUT2D eigenvalue weighted by atomic mass is 10.1. The van der Waals surface area contributed by atoms with Crippen molar-refractivity contribution in [2.45, 2.75) is 101 Å². The molecule has 0 saturated heterocycles. The van der Waals surface area contributed by atoms with E-state index >= 15 is 0 Å².